The molecule has 2 aromatic carbocycles. The van der Waals surface area contributed by atoms with Gasteiger partial charge in [0.05, 0.1) is 18.2 Å². The monoisotopic (exact) mass is 325 g/mol. The van der Waals surface area contributed by atoms with Crippen LogP contribution < -0.4 is 0 Å². The summed E-state index contributed by atoms with van der Waals surface area (Å²) in [7, 11) is 0. The Morgan fingerprint density at radius 3 is 1.96 bits per heavy atom. The molecule has 0 amide bonds. The van der Waals surface area contributed by atoms with Crippen molar-refractivity contribution in [2.24, 2.45) is 5.92 Å². The summed E-state index contributed by atoms with van der Waals surface area (Å²) in [6.07, 6.45) is 0.949. The first-order valence-electron chi connectivity index (χ1n) is 8.63. The van der Waals surface area contributed by atoms with E-state index in [-0.39, 0.29) is 11.8 Å². The van der Waals surface area contributed by atoms with E-state index >= 15 is 0 Å². The average Bonchev–Trinajstić information content (AvgIpc) is 2.63. The van der Waals surface area contributed by atoms with Crippen molar-refractivity contribution in [1.29, 1.82) is 0 Å². The molecule has 3 N–H and O–H groups in total. The lowest BCUT2D eigenvalue weighted by atomic mass is 9.77. The van der Waals surface area contributed by atoms with Gasteiger partial charge in [0.2, 0.25) is 0 Å². The van der Waals surface area contributed by atoms with Gasteiger partial charge >= 0.3 is 0 Å². The molecule has 3 saturated heterocycles. The van der Waals surface area contributed by atoms with E-state index in [1.165, 1.54) is 0 Å². The minimum absolute atomic E-state index is 0.197. The number of phenols is 1. The van der Waals surface area contributed by atoms with E-state index in [0.717, 1.165) is 42.6 Å². The summed E-state index contributed by atoms with van der Waals surface area (Å²) in [5.41, 5.74) is 2.90. The zero-order valence-electron chi connectivity index (χ0n) is 13.5. The van der Waals surface area contributed by atoms with Crippen molar-refractivity contribution in [3.8, 4) is 16.9 Å². The smallest absolute Gasteiger partial charge is 0.115 e. The summed E-state index contributed by atoms with van der Waals surface area (Å²) >= 11 is 0. The number of aliphatic hydroxyl groups is 2. The molecular weight excluding hydrogens is 302 g/mol. The van der Waals surface area contributed by atoms with Gasteiger partial charge in [-0.15, -0.1) is 0 Å². The van der Waals surface area contributed by atoms with Crippen molar-refractivity contribution in [2.45, 2.75) is 31.1 Å². The molecule has 0 aliphatic carbocycles. The van der Waals surface area contributed by atoms with Crippen LogP contribution in [-0.4, -0.2) is 45.5 Å². The molecule has 0 saturated carbocycles. The molecule has 4 heteroatoms. The fourth-order valence-corrected chi connectivity index (χ4v) is 4.16. The predicted octanol–water partition coefficient (Wildman–Crippen LogP) is 2.55. The Morgan fingerprint density at radius 1 is 0.875 bits per heavy atom. The molecule has 126 valence electrons. The fourth-order valence-electron chi connectivity index (χ4n) is 4.16. The van der Waals surface area contributed by atoms with Gasteiger partial charge in [-0.2, -0.15) is 0 Å². The lowest BCUT2D eigenvalue weighted by Crippen LogP contribution is -2.59. The Balaban J connectivity index is 1.55. The average molecular weight is 325 g/mol. The van der Waals surface area contributed by atoms with Gasteiger partial charge in [-0.25, -0.2) is 0 Å². The summed E-state index contributed by atoms with van der Waals surface area (Å²) in [5, 5.41) is 30.7. The molecule has 3 atom stereocenters. The first-order chi connectivity index (χ1) is 11.6. The topological polar surface area (TPSA) is 63.9 Å². The lowest BCUT2D eigenvalue weighted by Gasteiger charge is -2.50. The standard InChI is InChI=1S/C20H23NO3/c22-17-7-5-14(6-8-17)13-1-3-15(4-2-13)19(23)18-20(24)16-9-11-21(18)12-10-16/h1-8,16,18-20,22-24H,9-12H2. The van der Waals surface area contributed by atoms with Crippen LogP contribution in [0.3, 0.4) is 0 Å². The number of phenolic OH excluding ortho intramolecular Hbond substituents is 1. The maximum Gasteiger partial charge on any atom is 0.115 e. The second-order valence-electron chi connectivity index (χ2n) is 6.97. The Hall–Kier alpha value is -1.88. The van der Waals surface area contributed by atoms with Crippen LogP contribution in [0, 0.1) is 5.92 Å². The van der Waals surface area contributed by atoms with Crippen LogP contribution in [0.5, 0.6) is 5.75 Å². The number of hydrogen-bond acceptors (Lipinski definition) is 4. The van der Waals surface area contributed by atoms with Crippen LogP contribution in [0.15, 0.2) is 48.5 Å². The van der Waals surface area contributed by atoms with Crippen LogP contribution in [0.2, 0.25) is 0 Å². The largest absolute Gasteiger partial charge is 0.508 e. The third-order valence-electron chi connectivity index (χ3n) is 5.61. The Morgan fingerprint density at radius 2 is 1.42 bits per heavy atom. The minimum Gasteiger partial charge on any atom is -0.508 e. The molecule has 3 aliphatic heterocycles. The van der Waals surface area contributed by atoms with E-state index in [9.17, 15) is 15.3 Å². The first kappa shape index (κ1) is 15.6. The van der Waals surface area contributed by atoms with Crippen molar-refractivity contribution in [2.75, 3.05) is 13.1 Å². The number of nitrogens with zero attached hydrogens (tertiary/aromatic N) is 1. The summed E-state index contributed by atoms with van der Waals surface area (Å²) < 4.78 is 0. The van der Waals surface area contributed by atoms with Gasteiger partial charge in [0.25, 0.3) is 0 Å². The van der Waals surface area contributed by atoms with E-state index in [1.54, 1.807) is 12.1 Å². The second-order valence-corrected chi connectivity index (χ2v) is 6.97. The molecule has 0 radical (unpaired) electrons. The molecular formula is C20H23NO3. The Kier molecular flexibility index (Phi) is 4.04. The Labute approximate surface area is 142 Å². The van der Waals surface area contributed by atoms with E-state index in [1.807, 2.05) is 36.4 Å². The number of aliphatic hydroxyl groups excluding tert-OH is 2. The number of piperidine rings is 3. The molecule has 2 aromatic rings. The van der Waals surface area contributed by atoms with Crippen LogP contribution >= 0.6 is 0 Å². The fraction of sp³-hybridized carbons (Fsp3) is 0.400. The highest BCUT2D eigenvalue weighted by atomic mass is 16.3. The molecule has 5 rings (SSSR count). The van der Waals surface area contributed by atoms with Crippen LogP contribution in [-0.2, 0) is 0 Å². The molecule has 3 unspecified atom stereocenters. The number of hydrogen-bond donors (Lipinski definition) is 3. The molecule has 0 aromatic heterocycles. The highest BCUT2D eigenvalue weighted by Gasteiger charge is 2.44. The second kappa shape index (κ2) is 6.20. The first-order valence-corrected chi connectivity index (χ1v) is 8.63. The van der Waals surface area contributed by atoms with Gasteiger partial charge in [-0.1, -0.05) is 36.4 Å². The number of fused-ring (bicyclic) bond motifs is 3. The van der Waals surface area contributed by atoms with Crippen molar-refractivity contribution in [1.82, 2.24) is 4.90 Å². The van der Waals surface area contributed by atoms with Crippen molar-refractivity contribution in [3.63, 3.8) is 0 Å². The molecule has 0 spiro atoms. The highest BCUT2D eigenvalue weighted by Crippen LogP contribution is 2.38. The molecule has 2 bridgehead atoms. The third kappa shape index (κ3) is 2.71. The van der Waals surface area contributed by atoms with E-state index in [0.29, 0.717) is 5.92 Å². The minimum atomic E-state index is -0.669. The summed E-state index contributed by atoms with van der Waals surface area (Å²) in [5.74, 6) is 0.576. The summed E-state index contributed by atoms with van der Waals surface area (Å²) in [6.45, 7) is 1.93. The summed E-state index contributed by atoms with van der Waals surface area (Å²) in [4.78, 5) is 2.23. The zero-order valence-corrected chi connectivity index (χ0v) is 13.5. The molecule has 4 nitrogen and oxygen atoms in total. The summed E-state index contributed by atoms with van der Waals surface area (Å²) in [6, 6.07) is 14.7. The third-order valence-corrected chi connectivity index (χ3v) is 5.61. The van der Waals surface area contributed by atoms with Crippen LogP contribution in [0.25, 0.3) is 11.1 Å². The van der Waals surface area contributed by atoms with Crippen molar-refractivity contribution in [3.05, 3.63) is 54.1 Å². The van der Waals surface area contributed by atoms with Gasteiger partial charge < -0.3 is 15.3 Å². The number of rotatable bonds is 3. The molecule has 3 fully saturated rings. The van der Waals surface area contributed by atoms with E-state index in [4.69, 9.17) is 0 Å². The van der Waals surface area contributed by atoms with Crippen LogP contribution in [0.1, 0.15) is 24.5 Å². The van der Waals surface area contributed by atoms with Gasteiger partial charge in [0.15, 0.2) is 0 Å². The van der Waals surface area contributed by atoms with Gasteiger partial charge in [0, 0.05) is 0 Å². The SMILES string of the molecule is Oc1ccc(-c2ccc(C(O)C3C(O)C4CCN3CC4)cc2)cc1. The lowest BCUT2D eigenvalue weighted by molar-refractivity contribution is -0.116. The molecule has 3 aliphatic rings. The van der Waals surface area contributed by atoms with Gasteiger partial charge in [-0.3, -0.25) is 4.90 Å². The highest BCUT2D eigenvalue weighted by molar-refractivity contribution is 5.64. The maximum atomic E-state index is 10.8. The van der Waals surface area contributed by atoms with Gasteiger partial charge in [-0.05, 0) is 60.7 Å². The predicted molar refractivity (Wildman–Crippen MR) is 92.6 cm³/mol. The quantitative estimate of drug-likeness (QED) is 0.811. The van der Waals surface area contributed by atoms with Crippen molar-refractivity contribution < 1.29 is 15.3 Å². The maximum absolute atomic E-state index is 10.8. The van der Waals surface area contributed by atoms with Gasteiger partial charge in [0.1, 0.15) is 5.75 Å². The molecule has 3 heterocycles. The van der Waals surface area contributed by atoms with Crippen molar-refractivity contribution >= 4 is 0 Å². The van der Waals surface area contributed by atoms with E-state index in [2.05, 4.69) is 4.90 Å². The molecule has 24 heavy (non-hydrogen) atoms. The normalized spacial score (nSPS) is 30.2. The zero-order chi connectivity index (χ0) is 16.7. The Bertz CT molecular complexity index is 688. The number of aromatic hydroxyl groups is 1. The number of benzene rings is 2. The van der Waals surface area contributed by atoms with E-state index < -0.39 is 12.2 Å². The van der Waals surface area contributed by atoms with Crippen LogP contribution in [0.4, 0.5) is 0 Å².